The van der Waals surface area contributed by atoms with E-state index in [0.29, 0.717) is 5.56 Å². The number of fused-ring (bicyclic) bond motifs is 1. The van der Waals surface area contributed by atoms with Gasteiger partial charge in [-0.15, -0.1) is 15.0 Å². The Hall–Kier alpha value is -3.55. The van der Waals surface area contributed by atoms with E-state index in [9.17, 15) is 18.0 Å². The van der Waals surface area contributed by atoms with Crippen molar-refractivity contribution in [1.29, 1.82) is 0 Å². The lowest BCUT2D eigenvalue weighted by molar-refractivity contribution is -0.137. The highest BCUT2D eigenvalue weighted by Gasteiger charge is 2.30. The monoisotopic (exact) mass is 368 g/mol. The molecule has 27 heavy (non-hydrogen) atoms. The standard InChI is InChI=1S/C19H11F3N4O/c20-19(21,22)13-8-10-14(11-9-13)26-24-18(23-25-26)17(27)16-7-3-5-12-4-1-2-6-15(12)16/h1-11H. The molecular formula is C19H11F3N4O. The minimum absolute atomic E-state index is 0.133. The summed E-state index contributed by atoms with van der Waals surface area (Å²) in [5, 5.41) is 13.2. The van der Waals surface area contributed by atoms with Crippen LogP contribution < -0.4 is 0 Å². The van der Waals surface area contributed by atoms with Crippen molar-refractivity contribution < 1.29 is 18.0 Å². The maximum absolute atomic E-state index is 12.8. The minimum Gasteiger partial charge on any atom is -0.285 e. The highest BCUT2D eigenvalue weighted by atomic mass is 19.4. The van der Waals surface area contributed by atoms with Crippen molar-refractivity contribution in [2.75, 3.05) is 0 Å². The summed E-state index contributed by atoms with van der Waals surface area (Å²) in [4.78, 5) is 13.8. The van der Waals surface area contributed by atoms with Gasteiger partial charge in [-0.2, -0.15) is 13.2 Å². The summed E-state index contributed by atoms with van der Waals surface area (Å²) in [6.45, 7) is 0. The van der Waals surface area contributed by atoms with Gasteiger partial charge in [0.25, 0.3) is 0 Å². The van der Waals surface area contributed by atoms with E-state index in [1.54, 1.807) is 12.1 Å². The van der Waals surface area contributed by atoms with Crippen LogP contribution in [-0.2, 0) is 6.18 Å². The van der Waals surface area contributed by atoms with E-state index in [1.807, 2.05) is 30.3 Å². The molecule has 1 heterocycles. The van der Waals surface area contributed by atoms with Crippen LogP contribution >= 0.6 is 0 Å². The molecule has 0 radical (unpaired) electrons. The largest absolute Gasteiger partial charge is 0.416 e. The van der Waals surface area contributed by atoms with Crippen molar-refractivity contribution >= 4 is 16.6 Å². The summed E-state index contributed by atoms with van der Waals surface area (Å²) < 4.78 is 38.0. The first kappa shape index (κ1) is 16.9. The molecule has 0 bridgehead atoms. The number of rotatable bonds is 3. The average molecular weight is 368 g/mol. The second kappa shape index (κ2) is 6.31. The molecule has 0 amide bonds. The second-order valence-corrected chi connectivity index (χ2v) is 5.80. The number of benzene rings is 3. The molecule has 8 heteroatoms. The highest BCUT2D eigenvalue weighted by Crippen LogP contribution is 2.29. The van der Waals surface area contributed by atoms with Crippen molar-refractivity contribution in [1.82, 2.24) is 20.2 Å². The molecule has 0 N–H and O–H groups in total. The van der Waals surface area contributed by atoms with Crippen LogP contribution in [0.4, 0.5) is 13.2 Å². The molecule has 1 aromatic heterocycles. The lowest BCUT2D eigenvalue weighted by atomic mass is 10.0. The Labute approximate surface area is 151 Å². The van der Waals surface area contributed by atoms with Gasteiger partial charge < -0.3 is 0 Å². The predicted molar refractivity (Wildman–Crippen MR) is 91.5 cm³/mol. The first-order chi connectivity index (χ1) is 12.9. The highest BCUT2D eigenvalue weighted by molar-refractivity contribution is 6.14. The van der Waals surface area contributed by atoms with E-state index in [4.69, 9.17) is 0 Å². The zero-order valence-electron chi connectivity index (χ0n) is 13.7. The van der Waals surface area contributed by atoms with Gasteiger partial charge in [0.05, 0.1) is 11.3 Å². The number of hydrogen-bond acceptors (Lipinski definition) is 4. The van der Waals surface area contributed by atoms with E-state index < -0.39 is 17.5 Å². The minimum atomic E-state index is -4.43. The number of hydrogen-bond donors (Lipinski definition) is 0. The van der Waals surface area contributed by atoms with E-state index >= 15 is 0 Å². The molecule has 134 valence electrons. The molecule has 0 saturated heterocycles. The van der Waals surface area contributed by atoms with Crippen molar-refractivity contribution in [3.8, 4) is 5.69 Å². The third-order valence-electron chi connectivity index (χ3n) is 4.08. The van der Waals surface area contributed by atoms with Gasteiger partial charge in [0.1, 0.15) is 0 Å². The molecule has 0 aliphatic heterocycles. The normalized spacial score (nSPS) is 11.7. The Morgan fingerprint density at radius 2 is 1.59 bits per heavy atom. The zero-order valence-corrected chi connectivity index (χ0v) is 13.7. The third kappa shape index (κ3) is 3.17. The SMILES string of the molecule is O=C(c1nnn(-c2ccc(C(F)(F)F)cc2)n1)c1cccc2ccccc12. The van der Waals surface area contributed by atoms with Gasteiger partial charge in [0.2, 0.25) is 11.6 Å². The van der Waals surface area contributed by atoms with E-state index in [-0.39, 0.29) is 11.5 Å². The van der Waals surface area contributed by atoms with E-state index in [0.717, 1.165) is 27.7 Å². The maximum Gasteiger partial charge on any atom is 0.416 e. The topological polar surface area (TPSA) is 60.7 Å². The Morgan fingerprint density at radius 1 is 0.889 bits per heavy atom. The fourth-order valence-electron chi connectivity index (χ4n) is 2.74. The van der Waals surface area contributed by atoms with Crippen LogP contribution in [0.2, 0.25) is 0 Å². The van der Waals surface area contributed by atoms with Gasteiger partial charge in [0, 0.05) is 5.56 Å². The number of ketones is 1. The molecule has 4 aromatic rings. The second-order valence-electron chi connectivity index (χ2n) is 5.80. The molecule has 0 atom stereocenters. The van der Waals surface area contributed by atoms with Gasteiger partial charge >= 0.3 is 6.18 Å². The van der Waals surface area contributed by atoms with Crippen molar-refractivity contribution in [3.05, 3.63) is 83.7 Å². The first-order valence-electron chi connectivity index (χ1n) is 7.93. The summed E-state index contributed by atoms with van der Waals surface area (Å²) in [5.74, 6) is -0.545. The molecule has 5 nitrogen and oxygen atoms in total. The van der Waals surface area contributed by atoms with Crippen LogP contribution in [0.1, 0.15) is 21.7 Å². The number of carbonyl (C=O) groups is 1. The zero-order chi connectivity index (χ0) is 19.0. The predicted octanol–water partition coefficient (Wildman–Crippen LogP) is 4.07. The number of carbonyl (C=O) groups excluding carboxylic acids is 1. The lowest BCUT2D eigenvalue weighted by Gasteiger charge is -2.06. The van der Waals surface area contributed by atoms with Crippen LogP contribution in [-0.4, -0.2) is 26.0 Å². The molecule has 0 unspecified atom stereocenters. The molecular weight excluding hydrogens is 357 g/mol. The molecule has 0 spiro atoms. The summed E-state index contributed by atoms with van der Waals surface area (Å²) >= 11 is 0. The van der Waals surface area contributed by atoms with Gasteiger partial charge in [-0.1, -0.05) is 42.5 Å². The van der Waals surface area contributed by atoms with Crippen LogP contribution in [0.5, 0.6) is 0 Å². The number of nitrogens with zero attached hydrogens (tertiary/aromatic N) is 4. The number of alkyl halides is 3. The molecule has 0 aliphatic carbocycles. The fourth-order valence-corrected chi connectivity index (χ4v) is 2.74. The molecule has 3 aromatic carbocycles. The summed E-state index contributed by atoms with van der Waals surface area (Å²) in [6.07, 6.45) is -4.43. The van der Waals surface area contributed by atoms with Crippen LogP contribution in [0.15, 0.2) is 66.7 Å². The van der Waals surface area contributed by atoms with Gasteiger partial charge in [-0.25, -0.2) is 0 Å². The van der Waals surface area contributed by atoms with Crippen LogP contribution in [0, 0.1) is 0 Å². The number of aromatic nitrogens is 4. The number of tetrazole rings is 1. The Morgan fingerprint density at radius 3 is 2.33 bits per heavy atom. The van der Waals surface area contributed by atoms with Crippen molar-refractivity contribution in [3.63, 3.8) is 0 Å². The van der Waals surface area contributed by atoms with Gasteiger partial charge in [-0.05, 0) is 40.3 Å². The Kier molecular flexibility index (Phi) is 3.95. The van der Waals surface area contributed by atoms with E-state index in [2.05, 4.69) is 15.4 Å². The summed E-state index contributed by atoms with van der Waals surface area (Å²) in [5.41, 5.74) is -0.0778. The average Bonchev–Trinajstić information content (AvgIpc) is 3.16. The quantitative estimate of drug-likeness (QED) is 0.512. The van der Waals surface area contributed by atoms with Gasteiger partial charge in [-0.3, -0.25) is 4.79 Å². The Bertz CT molecular complexity index is 1130. The molecule has 0 aliphatic rings. The molecule has 4 rings (SSSR count). The molecule has 0 saturated carbocycles. The van der Waals surface area contributed by atoms with Crippen LogP contribution in [0.3, 0.4) is 0 Å². The fraction of sp³-hybridized carbons (Fsp3) is 0.0526. The first-order valence-corrected chi connectivity index (χ1v) is 7.93. The number of halogens is 3. The smallest absolute Gasteiger partial charge is 0.285 e. The van der Waals surface area contributed by atoms with Crippen LogP contribution in [0.25, 0.3) is 16.5 Å². The summed E-state index contributed by atoms with van der Waals surface area (Å²) in [6, 6.07) is 17.0. The summed E-state index contributed by atoms with van der Waals surface area (Å²) in [7, 11) is 0. The lowest BCUT2D eigenvalue weighted by Crippen LogP contribution is -2.07. The van der Waals surface area contributed by atoms with Crippen molar-refractivity contribution in [2.45, 2.75) is 6.18 Å². The molecule has 0 fully saturated rings. The maximum atomic E-state index is 12.8. The van der Waals surface area contributed by atoms with E-state index in [1.165, 1.54) is 12.1 Å². The third-order valence-corrected chi connectivity index (χ3v) is 4.08. The Balaban J connectivity index is 1.67. The van der Waals surface area contributed by atoms with Gasteiger partial charge in [0.15, 0.2) is 0 Å². The van der Waals surface area contributed by atoms with Crippen molar-refractivity contribution in [2.24, 2.45) is 0 Å².